The van der Waals surface area contributed by atoms with Gasteiger partial charge < -0.3 is 9.64 Å². The number of likely N-dealkylation sites (tertiary alicyclic amines) is 1. The Morgan fingerprint density at radius 2 is 1.75 bits per heavy atom. The number of piperidine rings is 1. The van der Waals surface area contributed by atoms with E-state index >= 15 is 0 Å². The monoisotopic (exact) mass is 332 g/mol. The van der Waals surface area contributed by atoms with Crippen LogP contribution in [0.1, 0.15) is 39.5 Å². The van der Waals surface area contributed by atoms with Crippen LogP contribution >= 0.6 is 0 Å². The fraction of sp³-hybridized carbons (Fsp3) is 0.650. The second kappa shape index (κ2) is 10.3. The first-order chi connectivity index (χ1) is 11.7. The molecular weight excluding hydrogens is 300 g/mol. The van der Waals surface area contributed by atoms with Crippen molar-refractivity contribution in [3.8, 4) is 5.75 Å². The van der Waals surface area contributed by atoms with Crippen LogP contribution in [0.2, 0.25) is 0 Å². The molecule has 1 aliphatic heterocycles. The zero-order valence-corrected chi connectivity index (χ0v) is 15.2. The number of ether oxygens (including phenoxy) is 1. The quantitative estimate of drug-likeness (QED) is 0.694. The molecule has 134 valence electrons. The molecule has 0 spiro atoms. The van der Waals surface area contributed by atoms with Gasteiger partial charge in [0.25, 0.3) is 0 Å². The molecule has 1 aromatic carbocycles. The average molecular weight is 332 g/mol. The Morgan fingerprint density at radius 1 is 1.12 bits per heavy atom. The lowest BCUT2D eigenvalue weighted by molar-refractivity contribution is -0.132. The van der Waals surface area contributed by atoms with Crippen molar-refractivity contribution in [3.63, 3.8) is 0 Å². The molecule has 0 radical (unpaired) electrons. The van der Waals surface area contributed by atoms with E-state index in [4.69, 9.17) is 4.74 Å². The molecule has 24 heavy (non-hydrogen) atoms. The molecule has 0 bridgehead atoms. The molecule has 0 atom stereocenters. The van der Waals surface area contributed by atoms with Crippen molar-refractivity contribution in [1.82, 2.24) is 9.80 Å². The standard InChI is InChI=1S/C20H32N2O2/c1-3-12-22(13-4-2)20(23)16-21-14-10-18(11-15-21)17-24-19-8-6-5-7-9-19/h5-9,18H,3-4,10-17H2,1-2H3. The second-order valence-corrected chi connectivity index (χ2v) is 6.72. The van der Waals surface area contributed by atoms with Crippen molar-refractivity contribution in [1.29, 1.82) is 0 Å². The van der Waals surface area contributed by atoms with Gasteiger partial charge in [0, 0.05) is 13.1 Å². The van der Waals surface area contributed by atoms with Gasteiger partial charge in [0.1, 0.15) is 5.75 Å². The molecule has 4 nitrogen and oxygen atoms in total. The summed E-state index contributed by atoms with van der Waals surface area (Å²) < 4.78 is 5.87. The molecule has 1 saturated heterocycles. The summed E-state index contributed by atoms with van der Waals surface area (Å²) in [6.07, 6.45) is 4.29. The van der Waals surface area contributed by atoms with Crippen LogP contribution in [-0.2, 0) is 4.79 Å². The molecule has 4 heteroatoms. The van der Waals surface area contributed by atoms with Gasteiger partial charge in [0.2, 0.25) is 5.91 Å². The van der Waals surface area contributed by atoms with Crippen molar-refractivity contribution in [2.75, 3.05) is 39.3 Å². The number of hydrogen-bond acceptors (Lipinski definition) is 3. The summed E-state index contributed by atoms with van der Waals surface area (Å²) >= 11 is 0. The van der Waals surface area contributed by atoms with Crippen LogP contribution in [0.5, 0.6) is 5.75 Å². The Bertz CT molecular complexity index is 464. The lowest BCUT2D eigenvalue weighted by atomic mass is 9.98. The van der Waals surface area contributed by atoms with E-state index in [1.54, 1.807) is 0 Å². The number of carbonyl (C=O) groups is 1. The van der Waals surface area contributed by atoms with Crippen LogP contribution in [-0.4, -0.2) is 55.0 Å². The maximum atomic E-state index is 12.4. The number of carbonyl (C=O) groups excluding carboxylic acids is 1. The van der Waals surface area contributed by atoms with Crippen LogP contribution in [0.15, 0.2) is 30.3 Å². The molecule has 1 fully saturated rings. The van der Waals surface area contributed by atoms with Crippen molar-refractivity contribution < 1.29 is 9.53 Å². The highest BCUT2D eigenvalue weighted by Crippen LogP contribution is 2.19. The van der Waals surface area contributed by atoms with E-state index in [9.17, 15) is 4.79 Å². The van der Waals surface area contributed by atoms with Gasteiger partial charge in [-0.15, -0.1) is 0 Å². The highest BCUT2D eigenvalue weighted by molar-refractivity contribution is 5.78. The van der Waals surface area contributed by atoms with Gasteiger partial charge >= 0.3 is 0 Å². The molecule has 0 N–H and O–H groups in total. The molecular formula is C20H32N2O2. The molecule has 1 aliphatic rings. The number of nitrogens with zero attached hydrogens (tertiary/aromatic N) is 2. The largest absolute Gasteiger partial charge is 0.493 e. The van der Waals surface area contributed by atoms with Crippen LogP contribution in [0.25, 0.3) is 0 Å². The predicted octanol–water partition coefficient (Wildman–Crippen LogP) is 3.43. The lowest BCUT2D eigenvalue weighted by Crippen LogP contribution is -2.44. The highest BCUT2D eigenvalue weighted by Gasteiger charge is 2.23. The van der Waals surface area contributed by atoms with E-state index in [2.05, 4.69) is 18.7 Å². The van der Waals surface area contributed by atoms with Crippen molar-refractivity contribution in [2.24, 2.45) is 5.92 Å². The average Bonchev–Trinajstić information content (AvgIpc) is 2.62. The van der Waals surface area contributed by atoms with E-state index in [1.807, 2.05) is 35.2 Å². The van der Waals surface area contributed by atoms with E-state index in [0.29, 0.717) is 12.5 Å². The Hall–Kier alpha value is -1.55. The van der Waals surface area contributed by atoms with Crippen LogP contribution in [0, 0.1) is 5.92 Å². The summed E-state index contributed by atoms with van der Waals surface area (Å²) in [6.45, 7) is 9.39. The van der Waals surface area contributed by atoms with Gasteiger partial charge in [0.15, 0.2) is 0 Å². The Labute approximate surface area is 146 Å². The van der Waals surface area contributed by atoms with Gasteiger partial charge in [-0.3, -0.25) is 9.69 Å². The van der Waals surface area contributed by atoms with Crippen LogP contribution < -0.4 is 4.74 Å². The number of para-hydroxylation sites is 1. The van der Waals surface area contributed by atoms with Gasteiger partial charge in [-0.1, -0.05) is 32.0 Å². The Kier molecular flexibility index (Phi) is 8.10. The molecule has 0 aliphatic carbocycles. The van der Waals surface area contributed by atoms with E-state index in [1.165, 1.54) is 0 Å². The van der Waals surface area contributed by atoms with Gasteiger partial charge in [-0.25, -0.2) is 0 Å². The van der Waals surface area contributed by atoms with Crippen LogP contribution in [0.4, 0.5) is 0 Å². The second-order valence-electron chi connectivity index (χ2n) is 6.72. The SMILES string of the molecule is CCCN(CCC)C(=O)CN1CCC(COc2ccccc2)CC1. The smallest absolute Gasteiger partial charge is 0.236 e. The minimum atomic E-state index is 0.290. The Balaban J connectivity index is 1.69. The number of rotatable bonds is 9. The molecule has 0 aromatic heterocycles. The fourth-order valence-electron chi connectivity index (χ4n) is 3.23. The lowest BCUT2D eigenvalue weighted by Gasteiger charge is -2.33. The summed E-state index contributed by atoms with van der Waals surface area (Å²) in [5.74, 6) is 1.83. The topological polar surface area (TPSA) is 32.8 Å². The molecule has 2 rings (SSSR count). The summed E-state index contributed by atoms with van der Waals surface area (Å²) in [5.41, 5.74) is 0. The van der Waals surface area contributed by atoms with E-state index < -0.39 is 0 Å². The number of amides is 1. The molecule has 1 amide bonds. The van der Waals surface area contributed by atoms with E-state index in [-0.39, 0.29) is 5.91 Å². The number of benzene rings is 1. The maximum absolute atomic E-state index is 12.4. The maximum Gasteiger partial charge on any atom is 0.236 e. The van der Waals surface area contributed by atoms with Gasteiger partial charge in [-0.05, 0) is 56.8 Å². The Morgan fingerprint density at radius 3 is 2.33 bits per heavy atom. The molecule has 1 heterocycles. The van der Waals surface area contributed by atoms with Crippen molar-refractivity contribution in [3.05, 3.63) is 30.3 Å². The first kappa shape index (κ1) is 18.8. The zero-order valence-electron chi connectivity index (χ0n) is 15.2. The minimum Gasteiger partial charge on any atom is -0.493 e. The summed E-state index contributed by atoms with van der Waals surface area (Å²) in [4.78, 5) is 16.8. The predicted molar refractivity (Wildman–Crippen MR) is 98.3 cm³/mol. The molecule has 1 aromatic rings. The van der Waals surface area contributed by atoms with Crippen molar-refractivity contribution in [2.45, 2.75) is 39.5 Å². The normalized spacial score (nSPS) is 16.1. The summed E-state index contributed by atoms with van der Waals surface area (Å²) in [5, 5.41) is 0. The summed E-state index contributed by atoms with van der Waals surface area (Å²) in [6, 6.07) is 10.0. The third-order valence-electron chi connectivity index (χ3n) is 4.63. The minimum absolute atomic E-state index is 0.290. The fourth-order valence-corrected chi connectivity index (χ4v) is 3.23. The van der Waals surface area contributed by atoms with E-state index in [0.717, 1.165) is 64.2 Å². The first-order valence-corrected chi connectivity index (χ1v) is 9.40. The first-order valence-electron chi connectivity index (χ1n) is 9.40. The third-order valence-corrected chi connectivity index (χ3v) is 4.63. The molecule has 0 saturated carbocycles. The van der Waals surface area contributed by atoms with Crippen molar-refractivity contribution >= 4 is 5.91 Å². The zero-order chi connectivity index (χ0) is 17.2. The van der Waals surface area contributed by atoms with Gasteiger partial charge in [0.05, 0.1) is 13.2 Å². The summed E-state index contributed by atoms with van der Waals surface area (Å²) in [7, 11) is 0. The number of hydrogen-bond donors (Lipinski definition) is 0. The third kappa shape index (κ3) is 6.16. The van der Waals surface area contributed by atoms with Crippen LogP contribution in [0.3, 0.4) is 0 Å². The highest BCUT2D eigenvalue weighted by atomic mass is 16.5. The van der Waals surface area contributed by atoms with Gasteiger partial charge in [-0.2, -0.15) is 0 Å². The molecule has 0 unspecified atom stereocenters.